The molecule has 0 fully saturated rings. The number of nitrogens with zero attached hydrogens (tertiary/aromatic N) is 2. The molecule has 0 rings (SSSR count). The van der Waals surface area contributed by atoms with Gasteiger partial charge in [0.2, 0.25) is 0 Å². The van der Waals surface area contributed by atoms with Crippen molar-refractivity contribution in [1.29, 1.82) is 5.26 Å². The molecule has 0 saturated heterocycles. The zero-order valence-electron chi connectivity index (χ0n) is 23.8. The van der Waals surface area contributed by atoms with E-state index in [0.717, 1.165) is 6.61 Å². The second-order valence-corrected chi connectivity index (χ2v) is 12.0. The maximum Gasteiger partial charge on any atom is 0.259 e. The van der Waals surface area contributed by atoms with Crippen molar-refractivity contribution in [2.75, 3.05) is 13.2 Å². The molecule has 0 aromatic rings. The fraction of sp³-hybridized carbons (Fsp3) is 0.966. The van der Waals surface area contributed by atoms with Crippen LogP contribution in [0.25, 0.3) is 0 Å². The molecule has 0 aliphatic carbocycles. The quantitative estimate of drug-likeness (QED) is 0.0927. The van der Waals surface area contributed by atoms with Crippen LogP contribution in [-0.2, 0) is 9.05 Å². The zero-order chi connectivity index (χ0) is 25.4. The van der Waals surface area contributed by atoms with E-state index in [0.29, 0.717) is 31.0 Å². The Bertz CT molecular complexity index is 460. The summed E-state index contributed by atoms with van der Waals surface area (Å²) in [6, 6.07) is 2.92. The summed E-state index contributed by atoms with van der Waals surface area (Å²) in [5.41, 5.74) is 0. The molecular formula is C29H59N2O2P. The van der Waals surface area contributed by atoms with Gasteiger partial charge in [-0.15, -0.1) is 0 Å². The topological polar surface area (TPSA) is 45.5 Å². The number of hydrogen-bond donors (Lipinski definition) is 0. The molecule has 2 unspecified atom stereocenters. The summed E-state index contributed by atoms with van der Waals surface area (Å²) in [6.07, 6.45) is 22.1. The van der Waals surface area contributed by atoms with Crippen LogP contribution < -0.4 is 0 Å². The molecule has 0 aromatic carbocycles. The fourth-order valence-electron chi connectivity index (χ4n) is 4.57. The van der Waals surface area contributed by atoms with Gasteiger partial charge in [-0.2, -0.15) is 5.26 Å². The summed E-state index contributed by atoms with van der Waals surface area (Å²) in [6.45, 7) is 14.7. The van der Waals surface area contributed by atoms with Crippen molar-refractivity contribution in [3.05, 3.63) is 0 Å². The summed E-state index contributed by atoms with van der Waals surface area (Å²) in [5.74, 6) is 0.622. The predicted octanol–water partition coefficient (Wildman–Crippen LogP) is 10.2. The monoisotopic (exact) mass is 498 g/mol. The number of nitriles is 1. The molecule has 0 saturated carbocycles. The summed E-state index contributed by atoms with van der Waals surface area (Å²) in [5, 5.41) is 8.95. The molecule has 2 atom stereocenters. The Morgan fingerprint density at radius 1 is 0.676 bits per heavy atom. The minimum atomic E-state index is -1.12. The average Bonchev–Trinajstić information content (AvgIpc) is 2.80. The largest absolute Gasteiger partial charge is 0.322 e. The summed E-state index contributed by atoms with van der Waals surface area (Å²) < 4.78 is 15.0. The summed E-state index contributed by atoms with van der Waals surface area (Å²) in [7, 11) is -1.12. The van der Waals surface area contributed by atoms with Crippen LogP contribution in [0.5, 0.6) is 0 Å². The van der Waals surface area contributed by atoms with Gasteiger partial charge in [0.15, 0.2) is 0 Å². The van der Waals surface area contributed by atoms with E-state index in [1.54, 1.807) is 0 Å². The first-order valence-corrected chi connectivity index (χ1v) is 15.8. The zero-order valence-corrected chi connectivity index (χ0v) is 24.7. The van der Waals surface area contributed by atoms with Gasteiger partial charge in [0, 0.05) is 12.1 Å². The third-order valence-electron chi connectivity index (χ3n) is 6.51. The first kappa shape index (κ1) is 33.8. The second kappa shape index (κ2) is 24.5. The van der Waals surface area contributed by atoms with E-state index in [-0.39, 0.29) is 0 Å². The first-order chi connectivity index (χ1) is 16.5. The van der Waals surface area contributed by atoms with Crippen molar-refractivity contribution in [2.24, 2.45) is 5.92 Å². The lowest BCUT2D eigenvalue weighted by atomic mass is 9.95. The lowest BCUT2D eigenvalue weighted by Crippen LogP contribution is -2.34. The molecule has 0 amide bonds. The smallest absolute Gasteiger partial charge is 0.259 e. The van der Waals surface area contributed by atoms with E-state index in [4.69, 9.17) is 14.3 Å². The van der Waals surface area contributed by atoms with E-state index in [9.17, 15) is 0 Å². The average molecular weight is 499 g/mol. The van der Waals surface area contributed by atoms with Crippen molar-refractivity contribution in [3.8, 4) is 6.07 Å². The molecule has 34 heavy (non-hydrogen) atoms. The van der Waals surface area contributed by atoms with Gasteiger partial charge in [-0.1, -0.05) is 104 Å². The van der Waals surface area contributed by atoms with Crippen LogP contribution in [-0.4, -0.2) is 30.0 Å². The second-order valence-electron chi connectivity index (χ2n) is 10.5. The maximum atomic E-state index is 8.95. The molecule has 4 nitrogen and oxygen atoms in total. The van der Waals surface area contributed by atoms with Gasteiger partial charge < -0.3 is 9.05 Å². The Balaban J connectivity index is 4.71. The Labute approximate surface area is 215 Å². The van der Waals surface area contributed by atoms with Gasteiger partial charge in [-0.3, -0.25) is 0 Å². The minimum absolute atomic E-state index is 0.359. The van der Waals surface area contributed by atoms with Gasteiger partial charge in [-0.05, 0) is 46.5 Å². The molecule has 0 bridgehead atoms. The first-order valence-electron chi connectivity index (χ1n) is 14.7. The van der Waals surface area contributed by atoms with Gasteiger partial charge in [0.05, 0.1) is 25.7 Å². The highest BCUT2D eigenvalue weighted by atomic mass is 31.2. The molecule has 0 aliphatic rings. The lowest BCUT2D eigenvalue weighted by Gasteiger charge is -2.36. The van der Waals surface area contributed by atoms with E-state index < -0.39 is 8.53 Å². The molecule has 0 aliphatic heterocycles. The van der Waals surface area contributed by atoms with Gasteiger partial charge in [0.25, 0.3) is 8.53 Å². The Morgan fingerprint density at radius 2 is 1.12 bits per heavy atom. The van der Waals surface area contributed by atoms with Crippen LogP contribution in [0.4, 0.5) is 0 Å². The highest BCUT2D eigenvalue weighted by Crippen LogP contribution is 2.46. The lowest BCUT2D eigenvalue weighted by molar-refractivity contribution is 0.151. The third kappa shape index (κ3) is 19.0. The summed E-state index contributed by atoms with van der Waals surface area (Å²) >= 11 is 0. The molecule has 0 spiro atoms. The van der Waals surface area contributed by atoms with Gasteiger partial charge >= 0.3 is 0 Å². The van der Waals surface area contributed by atoms with Crippen molar-refractivity contribution in [3.63, 3.8) is 0 Å². The van der Waals surface area contributed by atoms with Gasteiger partial charge in [0.1, 0.15) is 0 Å². The van der Waals surface area contributed by atoms with Crippen LogP contribution >= 0.6 is 8.53 Å². The molecular weight excluding hydrogens is 439 g/mol. The SMILES string of the molecule is CCCCCCCCCCC(CCCCCCCC)COP(OCCC#N)N(C(C)C)C(C)C. The molecule has 0 heterocycles. The molecule has 0 radical (unpaired) electrons. The Hall–Kier alpha value is -0.200. The number of hydrogen-bond acceptors (Lipinski definition) is 4. The standard InChI is InChI=1S/C29H59N2O2P/c1-7-9-11-13-15-16-18-20-23-29(22-19-17-14-12-10-8-2)26-33-34(32-25-21-24-30)31(27(3)4)28(5)6/h27-29H,7-23,25-26H2,1-6H3. The van der Waals surface area contributed by atoms with Crippen LogP contribution in [0, 0.1) is 17.2 Å². The Morgan fingerprint density at radius 3 is 1.53 bits per heavy atom. The van der Waals surface area contributed by atoms with Crippen molar-refractivity contribution in [1.82, 2.24) is 4.67 Å². The van der Waals surface area contributed by atoms with Crippen LogP contribution in [0.3, 0.4) is 0 Å². The van der Waals surface area contributed by atoms with Crippen molar-refractivity contribution < 1.29 is 9.05 Å². The minimum Gasteiger partial charge on any atom is -0.322 e. The van der Waals surface area contributed by atoms with E-state index in [2.05, 4.69) is 52.3 Å². The van der Waals surface area contributed by atoms with Crippen molar-refractivity contribution in [2.45, 2.75) is 163 Å². The normalized spacial score (nSPS) is 13.6. The Kier molecular flexibility index (Phi) is 24.3. The molecule has 202 valence electrons. The maximum absolute atomic E-state index is 8.95. The molecule has 0 N–H and O–H groups in total. The number of rotatable bonds is 25. The van der Waals surface area contributed by atoms with Gasteiger partial charge in [-0.25, -0.2) is 4.67 Å². The predicted molar refractivity (Wildman–Crippen MR) is 150 cm³/mol. The van der Waals surface area contributed by atoms with Crippen LogP contribution in [0.2, 0.25) is 0 Å². The van der Waals surface area contributed by atoms with Crippen molar-refractivity contribution >= 4 is 8.53 Å². The molecule has 0 aromatic heterocycles. The van der Waals surface area contributed by atoms with Crippen LogP contribution in [0.15, 0.2) is 0 Å². The fourth-order valence-corrected chi connectivity index (χ4v) is 6.26. The van der Waals surface area contributed by atoms with E-state index in [1.807, 2.05) is 0 Å². The third-order valence-corrected chi connectivity index (χ3v) is 8.59. The highest BCUT2D eigenvalue weighted by Gasteiger charge is 2.28. The molecule has 5 heteroatoms. The van der Waals surface area contributed by atoms with E-state index >= 15 is 0 Å². The van der Waals surface area contributed by atoms with E-state index in [1.165, 1.54) is 103 Å². The number of unbranched alkanes of at least 4 members (excludes halogenated alkanes) is 12. The highest BCUT2D eigenvalue weighted by molar-refractivity contribution is 7.44. The van der Waals surface area contributed by atoms with Crippen LogP contribution in [0.1, 0.15) is 151 Å². The summed E-state index contributed by atoms with van der Waals surface area (Å²) in [4.78, 5) is 0.